The molecule has 2 N–H and O–H groups in total. The number of halogens is 2. The zero-order valence-corrected chi connectivity index (χ0v) is 14.9. The highest BCUT2D eigenvalue weighted by atomic mass is 19.1. The molecule has 0 atom stereocenters. The topological polar surface area (TPSA) is 53.9 Å². The van der Waals surface area contributed by atoms with E-state index in [-0.39, 0.29) is 30.6 Å². The summed E-state index contributed by atoms with van der Waals surface area (Å²) in [6.45, 7) is 2.76. The van der Waals surface area contributed by atoms with Gasteiger partial charge in [0, 0.05) is 5.69 Å². The van der Waals surface area contributed by atoms with Crippen molar-refractivity contribution in [2.45, 2.75) is 6.42 Å². The van der Waals surface area contributed by atoms with Crippen LogP contribution >= 0.6 is 0 Å². The number of carbonyl (C=O) groups excluding carboxylic acids is 2. The van der Waals surface area contributed by atoms with E-state index in [0.29, 0.717) is 31.9 Å². The van der Waals surface area contributed by atoms with Crippen LogP contribution in [0.5, 0.6) is 0 Å². The Balaban J connectivity index is 1.43. The number of carbonyl (C=O) groups is 2. The third kappa shape index (κ3) is 5.59. The Labute approximate surface area is 156 Å². The van der Waals surface area contributed by atoms with Crippen LogP contribution in [-0.2, 0) is 16.0 Å². The van der Waals surface area contributed by atoms with Gasteiger partial charge in [-0.05, 0) is 35.9 Å². The maximum Gasteiger partial charge on any atom is 0.279 e. The van der Waals surface area contributed by atoms with E-state index in [1.807, 2.05) is 0 Å². The van der Waals surface area contributed by atoms with Gasteiger partial charge in [-0.15, -0.1) is 0 Å². The summed E-state index contributed by atoms with van der Waals surface area (Å²) in [6.07, 6.45) is 0.246. The Morgan fingerprint density at radius 3 is 2.37 bits per heavy atom. The van der Waals surface area contributed by atoms with Gasteiger partial charge in [-0.3, -0.25) is 9.59 Å². The molecule has 0 radical (unpaired) electrons. The van der Waals surface area contributed by atoms with Gasteiger partial charge in [-0.1, -0.05) is 18.2 Å². The summed E-state index contributed by atoms with van der Waals surface area (Å²) in [7, 11) is 0. The number of hydrogen-bond acceptors (Lipinski definition) is 2. The molecule has 2 aromatic carbocycles. The molecular weight excluding hydrogens is 352 g/mol. The molecule has 1 aliphatic heterocycles. The Morgan fingerprint density at radius 1 is 1.00 bits per heavy atom. The third-order valence-electron chi connectivity index (χ3n) is 4.61. The maximum atomic E-state index is 13.2. The number of rotatable bonds is 5. The predicted octanol–water partition coefficient (Wildman–Crippen LogP) is 0.873. The summed E-state index contributed by atoms with van der Waals surface area (Å²) >= 11 is 0. The molecule has 7 heteroatoms. The predicted molar refractivity (Wildman–Crippen MR) is 97.3 cm³/mol. The second-order valence-corrected chi connectivity index (χ2v) is 6.67. The number of piperazine rings is 1. The maximum absolute atomic E-state index is 13.2. The van der Waals surface area contributed by atoms with E-state index in [1.165, 1.54) is 24.3 Å². The van der Waals surface area contributed by atoms with Crippen molar-refractivity contribution in [3.8, 4) is 0 Å². The molecule has 2 aromatic rings. The van der Waals surface area contributed by atoms with E-state index in [9.17, 15) is 18.4 Å². The molecule has 0 bridgehead atoms. The van der Waals surface area contributed by atoms with Gasteiger partial charge < -0.3 is 15.1 Å². The largest absolute Gasteiger partial charge is 0.331 e. The smallest absolute Gasteiger partial charge is 0.279 e. The van der Waals surface area contributed by atoms with Gasteiger partial charge in [-0.2, -0.15) is 0 Å². The van der Waals surface area contributed by atoms with Crippen LogP contribution in [0, 0.1) is 11.6 Å². The van der Waals surface area contributed by atoms with E-state index in [4.69, 9.17) is 0 Å². The summed E-state index contributed by atoms with van der Waals surface area (Å²) in [5, 5.41) is 2.69. The van der Waals surface area contributed by atoms with Gasteiger partial charge in [0.2, 0.25) is 5.91 Å². The van der Waals surface area contributed by atoms with E-state index < -0.39 is 5.82 Å². The van der Waals surface area contributed by atoms with Crippen LogP contribution in [0.2, 0.25) is 0 Å². The Bertz CT molecular complexity index is 803. The first-order valence-corrected chi connectivity index (χ1v) is 8.91. The Kier molecular flexibility index (Phi) is 6.13. The van der Waals surface area contributed by atoms with Crippen molar-refractivity contribution in [1.82, 2.24) is 4.90 Å². The minimum absolute atomic E-state index is 0.00451. The summed E-state index contributed by atoms with van der Waals surface area (Å²) in [4.78, 5) is 27.3. The molecule has 1 heterocycles. The summed E-state index contributed by atoms with van der Waals surface area (Å²) in [6, 6.07) is 11.7. The number of benzene rings is 2. The van der Waals surface area contributed by atoms with E-state index in [2.05, 4.69) is 5.32 Å². The number of anilines is 1. The second-order valence-electron chi connectivity index (χ2n) is 6.67. The summed E-state index contributed by atoms with van der Waals surface area (Å²) < 4.78 is 26.1. The van der Waals surface area contributed by atoms with Gasteiger partial charge in [-0.25, -0.2) is 8.78 Å². The number of quaternary nitrogens is 1. The lowest BCUT2D eigenvalue weighted by atomic mass is 10.1. The first-order valence-electron chi connectivity index (χ1n) is 8.91. The van der Waals surface area contributed by atoms with Gasteiger partial charge >= 0.3 is 0 Å². The van der Waals surface area contributed by atoms with Crippen LogP contribution < -0.4 is 10.2 Å². The zero-order valence-electron chi connectivity index (χ0n) is 14.9. The molecule has 3 rings (SSSR count). The van der Waals surface area contributed by atoms with Crippen molar-refractivity contribution in [2.24, 2.45) is 0 Å². The molecule has 0 aliphatic carbocycles. The van der Waals surface area contributed by atoms with Crippen LogP contribution in [0.25, 0.3) is 0 Å². The molecule has 1 aliphatic rings. The van der Waals surface area contributed by atoms with Gasteiger partial charge in [0.1, 0.15) is 11.6 Å². The monoisotopic (exact) mass is 374 g/mol. The lowest BCUT2D eigenvalue weighted by Gasteiger charge is -2.32. The second kappa shape index (κ2) is 8.73. The average molecular weight is 374 g/mol. The third-order valence-corrected chi connectivity index (χ3v) is 4.61. The first kappa shape index (κ1) is 19.0. The van der Waals surface area contributed by atoms with Crippen LogP contribution in [0.1, 0.15) is 5.56 Å². The van der Waals surface area contributed by atoms with Crippen LogP contribution in [0.3, 0.4) is 0 Å². The van der Waals surface area contributed by atoms with Crippen molar-refractivity contribution >= 4 is 17.5 Å². The van der Waals surface area contributed by atoms with Gasteiger partial charge in [0.15, 0.2) is 6.54 Å². The number of nitrogens with zero attached hydrogens (tertiary/aromatic N) is 1. The molecule has 0 unspecified atom stereocenters. The molecule has 142 valence electrons. The molecule has 5 nitrogen and oxygen atoms in total. The normalized spacial score (nSPS) is 14.8. The SMILES string of the molecule is O=C(C[NH+]1CCN(C(=O)Cc2ccc(F)cc2)CC1)Nc1cccc(F)c1. The highest BCUT2D eigenvalue weighted by Gasteiger charge is 2.25. The number of amides is 2. The van der Waals surface area contributed by atoms with Crippen molar-refractivity contribution in [2.75, 3.05) is 38.0 Å². The van der Waals surface area contributed by atoms with Crippen molar-refractivity contribution in [3.05, 3.63) is 65.7 Å². The summed E-state index contributed by atoms with van der Waals surface area (Å²) in [5.74, 6) is -0.889. The minimum atomic E-state index is -0.395. The molecule has 27 heavy (non-hydrogen) atoms. The molecule has 0 aromatic heterocycles. The molecule has 1 saturated heterocycles. The standard InChI is InChI=1S/C20H21F2N3O2/c21-16-6-4-15(5-7-16)12-20(27)25-10-8-24(9-11-25)14-19(26)23-18-3-1-2-17(22)13-18/h1-7,13H,8-12,14H2,(H,23,26)/p+1. The van der Waals surface area contributed by atoms with Crippen molar-refractivity contribution in [1.29, 1.82) is 0 Å². The fourth-order valence-electron chi connectivity index (χ4n) is 3.14. The van der Waals surface area contributed by atoms with Crippen molar-refractivity contribution < 1.29 is 23.3 Å². The van der Waals surface area contributed by atoms with Crippen molar-refractivity contribution in [3.63, 3.8) is 0 Å². The fourth-order valence-corrected chi connectivity index (χ4v) is 3.14. The van der Waals surface area contributed by atoms with Gasteiger partial charge in [0.05, 0.1) is 32.6 Å². The highest BCUT2D eigenvalue weighted by molar-refractivity contribution is 5.91. The lowest BCUT2D eigenvalue weighted by molar-refractivity contribution is -0.895. The zero-order chi connectivity index (χ0) is 19.2. The highest BCUT2D eigenvalue weighted by Crippen LogP contribution is 2.08. The molecular formula is C20H22F2N3O2+. The van der Waals surface area contributed by atoms with E-state index >= 15 is 0 Å². The van der Waals surface area contributed by atoms with Crippen LogP contribution in [0.15, 0.2) is 48.5 Å². The Hall–Kier alpha value is -2.80. The van der Waals surface area contributed by atoms with Gasteiger partial charge in [0.25, 0.3) is 5.91 Å². The molecule has 1 fully saturated rings. The van der Waals surface area contributed by atoms with E-state index in [1.54, 1.807) is 29.2 Å². The molecule has 0 spiro atoms. The summed E-state index contributed by atoms with van der Waals surface area (Å²) in [5.41, 5.74) is 1.22. The molecule has 0 saturated carbocycles. The Morgan fingerprint density at radius 2 is 1.70 bits per heavy atom. The number of hydrogen-bond donors (Lipinski definition) is 2. The first-order chi connectivity index (χ1) is 13.0. The molecule has 2 amide bonds. The lowest BCUT2D eigenvalue weighted by Crippen LogP contribution is -3.15. The van der Waals surface area contributed by atoms with E-state index in [0.717, 1.165) is 10.5 Å². The minimum Gasteiger partial charge on any atom is -0.331 e. The fraction of sp³-hybridized carbons (Fsp3) is 0.300. The van der Waals surface area contributed by atoms with Crippen LogP contribution in [0.4, 0.5) is 14.5 Å². The number of nitrogens with one attached hydrogen (secondary N) is 2. The van der Waals surface area contributed by atoms with Crippen LogP contribution in [-0.4, -0.2) is 49.4 Å². The average Bonchev–Trinajstić information content (AvgIpc) is 2.64. The quantitative estimate of drug-likeness (QED) is 0.816.